The Hall–Kier alpha value is -2.18. The van der Waals surface area contributed by atoms with E-state index in [9.17, 15) is 4.79 Å². The SMILES string of the molecule is COCCOc1c(Cl)cccc1NC(=O)N(C)Cc1ccco1. The number of furan rings is 1. The van der Waals surface area contributed by atoms with Crippen LogP contribution in [-0.2, 0) is 11.3 Å². The van der Waals surface area contributed by atoms with Crippen LogP contribution in [0.4, 0.5) is 10.5 Å². The number of benzene rings is 1. The normalized spacial score (nSPS) is 10.4. The van der Waals surface area contributed by atoms with Crippen molar-refractivity contribution in [3.63, 3.8) is 0 Å². The molecule has 0 radical (unpaired) electrons. The zero-order valence-corrected chi connectivity index (χ0v) is 13.8. The van der Waals surface area contributed by atoms with Crippen LogP contribution in [0.15, 0.2) is 41.0 Å². The van der Waals surface area contributed by atoms with Gasteiger partial charge in [-0.1, -0.05) is 17.7 Å². The molecule has 7 heteroatoms. The number of anilines is 1. The molecule has 0 aliphatic rings. The molecule has 0 saturated carbocycles. The molecule has 2 amide bonds. The second kappa shape index (κ2) is 8.45. The third-order valence-electron chi connectivity index (χ3n) is 3.06. The van der Waals surface area contributed by atoms with Crippen molar-refractivity contribution in [3.8, 4) is 5.75 Å². The second-order valence-corrected chi connectivity index (χ2v) is 5.23. The molecule has 2 rings (SSSR count). The van der Waals surface area contributed by atoms with Crippen LogP contribution < -0.4 is 10.1 Å². The maximum Gasteiger partial charge on any atom is 0.322 e. The average molecular weight is 339 g/mol. The number of urea groups is 1. The largest absolute Gasteiger partial charge is 0.487 e. The molecule has 0 aliphatic carbocycles. The van der Waals surface area contributed by atoms with Gasteiger partial charge < -0.3 is 24.1 Å². The third-order valence-corrected chi connectivity index (χ3v) is 3.36. The molecule has 1 aromatic heterocycles. The number of halogens is 1. The lowest BCUT2D eigenvalue weighted by molar-refractivity contribution is 0.146. The van der Waals surface area contributed by atoms with Crippen molar-refractivity contribution in [2.75, 3.05) is 32.7 Å². The number of hydrogen-bond donors (Lipinski definition) is 1. The van der Waals surface area contributed by atoms with Crippen molar-refractivity contribution in [3.05, 3.63) is 47.4 Å². The van der Waals surface area contributed by atoms with Gasteiger partial charge in [-0.05, 0) is 24.3 Å². The van der Waals surface area contributed by atoms with Crippen molar-refractivity contribution in [2.45, 2.75) is 6.54 Å². The summed E-state index contributed by atoms with van der Waals surface area (Å²) >= 11 is 6.14. The van der Waals surface area contributed by atoms with E-state index in [1.807, 2.05) is 6.07 Å². The standard InChI is InChI=1S/C16H19ClN2O4/c1-19(11-12-5-4-8-22-12)16(20)18-14-7-3-6-13(17)15(14)23-10-9-21-2/h3-8H,9-11H2,1-2H3,(H,18,20). The van der Waals surface area contributed by atoms with Gasteiger partial charge in [0.25, 0.3) is 0 Å². The Morgan fingerprint density at radius 1 is 1.30 bits per heavy atom. The van der Waals surface area contributed by atoms with Gasteiger partial charge in [-0.25, -0.2) is 4.79 Å². The maximum absolute atomic E-state index is 12.3. The van der Waals surface area contributed by atoms with Gasteiger partial charge in [0.1, 0.15) is 12.4 Å². The molecule has 0 saturated heterocycles. The number of carbonyl (C=O) groups excluding carboxylic acids is 1. The number of para-hydroxylation sites is 1. The van der Waals surface area contributed by atoms with Gasteiger partial charge in [0.05, 0.1) is 30.1 Å². The fourth-order valence-electron chi connectivity index (χ4n) is 1.90. The van der Waals surface area contributed by atoms with Crippen LogP contribution in [0.1, 0.15) is 5.76 Å². The Balaban J connectivity index is 2.03. The lowest BCUT2D eigenvalue weighted by Crippen LogP contribution is -2.30. The Labute approximate surface area is 139 Å². The van der Waals surface area contributed by atoms with Crippen LogP contribution in [-0.4, -0.2) is 38.3 Å². The fourth-order valence-corrected chi connectivity index (χ4v) is 2.13. The number of nitrogens with zero attached hydrogens (tertiary/aromatic N) is 1. The van der Waals surface area contributed by atoms with Gasteiger partial charge in [-0.15, -0.1) is 0 Å². The van der Waals surface area contributed by atoms with Crippen molar-refractivity contribution in [1.82, 2.24) is 4.90 Å². The van der Waals surface area contributed by atoms with E-state index in [1.165, 1.54) is 4.90 Å². The minimum atomic E-state index is -0.291. The lowest BCUT2D eigenvalue weighted by Gasteiger charge is -2.19. The van der Waals surface area contributed by atoms with Gasteiger partial charge in [0.15, 0.2) is 5.75 Å². The first-order valence-electron chi connectivity index (χ1n) is 7.06. The smallest absolute Gasteiger partial charge is 0.322 e. The highest BCUT2D eigenvalue weighted by molar-refractivity contribution is 6.32. The quantitative estimate of drug-likeness (QED) is 0.783. The summed E-state index contributed by atoms with van der Waals surface area (Å²) < 4.78 is 15.8. The van der Waals surface area contributed by atoms with Crippen molar-refractivity contribution >= 4 is 23.3 Å². The minimum absolute atomic E-state index is 0.291. The van der Waals surface area contributed by atoms with Crippen LogP contribution in [0.5, 0.6) is 5.75 Å². The molecule has 0 unspecified atom stereocenters. The maximum atomic E-state index is 12.3. The van der Waals surface area contributed by atoms with Gasteiger partial charge in [-0.3, -0.25) is 0 Å². The summed E-state index contributed by atoms with van der Waals surface area (Å²) in [5, 5.41) is 3.21. The molecular formula is C16H19ClN2O4. The summed E-state index contributed by atoms with van der Waals surface area (Å²) in [6, 6.07) is 8.47. The topological polar surface area (TPSA) is 63.9 Å². The average Bonchev–Trinajstić information content (AvgIpc) is 3.03. The molecular weight excluding hydrogens is 320 g/mol. The van der Waals surface area contributed by atoms with Crippen LogP contribution in [0, 0.1) is 0 Å². The van der Waals surface area contributed by atoms with Gasteiger partial charge in [0, 0.05) is 14.2 Å². The van der Waals surface area contributed by atoms with E-state index in [2.05, 4.69) is 5.32 Å². The van der Waals surface area contributed by atoms with Gasteiger partial charge in [0.2, 0.25) is 0 Å². The van der Waals surface area contributed by atoms with Crippen LogP contribution in [0.3, 0.4) is 0 Å². The van der Waals surface area contributed by atoms with Crippen molar-refractivity contribution < 1.29 is 18.7 Å². The van der Waals surface area contributed by atoms with E-state index in [4.69, 9.17) is 25.5 Å². The summed E-state index contributed by atoms with van der Waals surface area (Å²) in [5.41, 5.74) is 0.505. The van der Waals surface area contributed by atoms with E-state index in [0.29, 0.717) is 42.0 Å². The zero-order chi connectivity index (χ0) is 16.7. The molecule has 1 heterocycles. The Morgan fingerprint density at radius 2 is 2.13 bits per heavy atom. The van der Waals surface area contributed by atoms with E-state index in [-0.39, 0.29) is 6.03 Å². The molecule has 6 nitrogen and oxygen atoms in total. The zero-order valence-electron chi connectivity index (χ0n) is 13.0. The number of rotatable bonds is 7. The Morgan fingerprint density at radius 3 is 2.83 bits per heavy atom. The van der Waals surface area contributed by atoms with E-state index >= 15 is 0 Å². The highest BCUT2D eigenvalue weighted by atomic mass is 35.5. The van der Waals surface area contributed by atoms with E-state index in [0.717, 1.165) is 0 Å². The van der Waals surface area contributed by atoms with Gasteiger partial charge >= 0.3 is 6.03 Å². The Kier molecular flexibility index (Phi) is 6.31. The summed E-state index contributed by atoms with van der Waals surface area (Å²) in [7, 11) is 3.26. The first-order valence-corrected chi connectivity index (χ1v) is 7.44. The second-order valence-electron chi connectivity index (χ2n) is 4.82. The molecule has 0 fully saturated rings. The van der Waals surface area contributed by atoms with Crippen LogP contribution >= 0.6 is 11.6 Å². The Bertz CT molecular complexity index is 631. The molecule has 0 atom stereocenters. The fraction of sp³-hybridized carbons (Fsp3) is 0.312. The summed E-state index contributed by atoms with van der Waals surface area (Å²) in [4.78, 5) is 13.8. The molecule has 2 aromatic rings. The monoisotopic (exact) mass is 338 g/mol. The highest BCUT2D eigenvalue weighted by Crippen LogP contribution is 2.33. The molecule has 124 valence electrons. The number of amides is 2. The van der Waals surface area contributed by atoms with E-state index in [1.54, 1.807) is 44.7 Å². The molecule has 0 aliphatic heterocycles. The first kappa shape index (κ1) is 17.2. The third kappa shape index (κ3) is 4.91. The number of ether oxygens (including phenoxy) is 2. The summed E-state index contributed by atoms with van der Waals surface area (Å²) in [5.74, 6) is 1.12. The molecule has 23 heavy (non-hydrogen) atoms. The molecule has 1 aromatic carbocycles. The first-order chi connectivity index (χ1) is 11.1. The van der Waals surface area contributed by atoms with Gasteiger partial charge in [-0.2, -0.15) is 0 Å². The number of methoxy groups -OCH3 is 1. The summed E-state index contributed by atoms with van der Waals surface area (Å²) in [6.07, 6.45) is 1.57. The minimum Gasteiger partial charge on any atom is -0.487 e. The van der Waals surface area contributed by atoms with Crippen molar-refractivity contribution in [1.29, 1.82) is 0 Å². The molecule has 1 N–H and O–H groups in total. The number of nitrogens with one attached hydrogen (secondary N) is 1. The highest BCUT2D eigenvalue weighted by Gasteiger charge is 2.15. The number of carbonyl (C=O) groups is 1. The molecule has 0 bridgehead atoms. The molecule has 0 spiro atoms. The predicted octanol–water partition coefficient (Wildman–Crippen LogP) is 3.62. The number of hydrogen-bond acceptors (Lipinski definition) is 4. The van der Waals surface area contributed by atoms with Crippen LogP contribution in [0.2, 0.25) is 5.02 Å². The predicted molar refractivity (Wildman–Crippen MR) is 88.0 cm³/mol. The lowest BCUT2D eigenvalue weighted by atomic mass is 10.3. The van der Waals surface area contributed by atoms with E-state index < -0.39 is 0 Å². The van der Waals surface area contributed by atoms with Crippen LogP contribution in [0.25, 0.3) is 0 Å². The van der Waals surface area contributed by atoms with Crippen molar-refractivity contribution in [2.24, 2.45) is 0 Å². The summed E-state index contributed by atoms with van der Waals surface area (Å²) in [6.45, 7) is 1.13.